The molecule has 180 valence electrons. The summed E-state index contributed by atoms with van der Waals surface area (Å²) in [6.07, 6.45) is 12.3. The Balaban J connectivity index is 1.34. The average molecular weight is 501 g/mol. The largest absolute Gasteiger partial charge is 0.293 e. The SMILES string of the molecule is Cn1ncc(-c2cnn(C(CC3CC3)c3ccc(-c4cc(Cl)ccc4-[n+]4cnn[nH]4)cn3)c2)cc1=O. The first-order valence-corrected chi connectivity index (χ1v) is 12.0. The molecule has 1 N–H and O–H groups in total. The van der Waals surface area contributed by atoms with Crippen LogP contribution in [0, 0.1) is 5.92 Å². The fraction of sp³-hybridized carbons (Fsp3) is 0.240. The molecule has 0 radical (unpaired) electrons. The zero-order valence-corrected chi connectivity index (χ0v) is 20.2. The molecule has 1 aliphatic rings. The number of rotatable bonds is 7. The highest BCUT2D eigenvalue weighted by atomic mass is 35.5. The lowest BCUT2D eigenvalue weighted by molar-refractivity contribution is -0.659. The van der Waals surface area contributed by atoms with Crippen molar-refractivity contribution in [3.63, 3.8) is 0 Å². The fourth-order valence-corrected chi connectivity index (χ4v) is 4.50. The van der Waals surface area contributed by atoms with E-state index in [4.69, 9.17) is 16.6 Å². The van der Waals surface area contributed by atoms with Crippen molar-refractivity contribution in [2.75, 3.05) is 0 Å². The van der Waals surface area contributed by atoms with Crippen LogP contribution in [0.3, 0.4) is 0 Å². The number of aryl methyl sites for hydroxylation is 1. The van der Waals surface area contributed by atoms with Gasteiger partial charge in [0.15, 0.2) is 5.21 Å². The summed E-state index contributed by atoms with van der Waals surface area (Å²) in [7, 11) is 1.63. The summed E-state index contributed by atoms with van der Waals surface area (Å²) in [5.74, 6) is 0.665. The maximum Gasteiger partial charge on any atom is 0.293 e. The number of H-pyrrole nitrogens is 1. The number of pyridine rings is 1. The molecule has 11 heteroatoms. The lowest BCUT2D eigenvalue weighted by atomic mass is 10.0. The van der Waals surface area contributed by atoms with Crippen LogP contribution in [-0.4, -0.2) is 40.1 Å². The van der Waals surface area contributed by atoms with Crippen molar-refractivity contribution in [2.45, 2.75) is 25.3 Å². The topological polar surface area (TPSA) is 111 Å². The summed E-state index contributed by atoms with van der Waals surface area (Å²) < 4.78 is 4.98. The molecule has 4 aromatic heterocycles. The summed E-state index contributed by atoms with van der Waals surface area (Å²) in [6, 6.07) is 11.3. The van der Waals surface area contributed by atoms with Gasteiger partial charge in [0, 0.05) is 52.8 Å². The van der Waals surface area contributed by atoms with Gasteiger partial charge in [0.05, 0.1) is 24.1 Å². The summed E-state index contributed by atoms with van der Waals surface area (Å²) in [5, 5.41) is 19.9. The lowest BCUT2D eigenvalue weighted by Crippen LogP contribution is -2.32. The van der Waals surface area contributed by atoms with Crippen LogP contribution in [0.15, 0.2) is 72.3 Å². The Hall–Kier alpha value is -4.18. The summed E-state index contributed by atoms with van der Waals surface area (Å²) in [4.78, 5) is 16.9. The molecular weight excluding hydrogens is 478 g/mol. The standard InChI is InChI=1S/C25H22ClN9O/c1-33-25(36)9-18(12-29-33)19-13-30-34(14-19)24(8-16-2-3-16)22-6-4-17(11-27-22)21-10-20(26)5-7-23(21)35-15-28-31-32-35/h4-7,9-16,24H,2-3,8H2,1H3/p+1. The van der Waals surface area contributed by atoms with E-state index < -0.39 is 0 Å². The number of nitrogens with zero attached hydrogens (tertiary/aromatic N) is 8. The maximum atomic E-state index is 12.0. The number of hydrogen-bond donors (Lipinski definition) is 1. The van der Waals surface area contributed by atoms with Gasteiger partial charge in [-0.15, -0.1) is 4.68 Å². The Morgan fingerprint density at radius 3 is 2.67 bits per heavy atom. The van der Waals surface area contributed by atoms with Crippen molar-refractivity contribution < 1.29 is 4.68 Å². The van der Waals surface area contributed by atoms with Gasteiger partial charge in [0.1, 0.15) is 10.8 Å². The van der Waals surface area contributed by atoms with Crippen LogP contribution in [-0.2, 0) is 7.05 Å². The minimum atomic E-state index is -0.156. The van der Waals surface area contributed by atoms with Gasteiger partial charge in [-0.1, -0.05) is 35.7 Å². The molecular formula is C25H23ClN9O+. The molecule has 1 saturated carbocycles. The van der Waals surface area contributed by atoms with E-state index in [-0.39, 0.29) is 11.6 Å². The molecule has 1 aromatic carbocycles. The molecule has 0 aliphatic heterocycles. The number of nitrogens with one attached hydrogen (secondary N) is 1. The molecule has 1 atom stereocenters. The van der Waals surface area contributed by atoms with E-state index >= 15 is 0 Å². The van der Waals surface area contributed by atoms with Crippen molar-refractivity contribution in [2.24, 2.45) is 13.0 Å². The molecule has 0 amide bonds. The molecule has 4 heterocycles. The van der Waals surface area contributed by atoms with Gasteiger partial charge in [-0.3, -0.25) is 14.5 Å². The highest BCUT2D eigenvalue weighted by Gasteiger charge is 2.29. The smallest absolute Gasteiger partial charge is 0.268 e. The van der Waals surface area contributed by atoms with E-state index in [1.807, 2.05) is 41.3 Å². The molecule has 0 saturated heterocycles. The van der Waals surface area contributed by atoms with Crippen LogP contribution in [0.4, 0.5) is 0 Å². The number of aromatic amines is 1. The van der Waals surface area contributed by atoms with E-state index in [1.165, 1.54) is 17.5 Å². The number of hydrogen-bond acceptors (Lipinski definition) is 6. The molecule has 5 aromatic rings. The fourth-order valence-electron chi connectivity index (χ4n) is 4.32. The zero-order chi connectivity index (χ0) is 24.6. The minimum Gasteiger partial charge on any atom is -0.268 e. The number of halogens is 1. The predicted octanol–water partition coefficient (Wildman–Crippen LogP) is 3.14. The van der Waals surface area contributed by atoms with Crippen LogP contribution >= 0.6 is 11.6 Å². The molecule has 1 aliphatic carbocycles. The molecule has 6 rings (SSSR count). The van der Waals surface area contributed by atoms with Crippen LogP contribution < -0.4 is 10.2 Å². The van der Waals surface area contributed by atoms with Crippen molar-refractivity contribution in [3.8, 4) is 27.9 Å². The van der Waals surface area contributed by atoms with E-state index in [0.29, 0.717) is 10.9 Å². The van der Waals surface area contributed by atoms with Crippen molar-refractivity contribution >= 4 is 11.6 Å². The highest BCUT2D eigenvalue weighted by Crippen LogP contribution is 2.39. The van der Waals surface area contributed by atoms with Crippen LogP contribution in [0.1, 0.15) is 31.0 Å². The van der Waals surface area contributed by atoms with Crippen LogP contribution in [0.5, 0.6) is 0 Å². The first-order chi connectivity index (χ1) is 17.5. The van der Waals surface area contributed by atoms with E-state index in [1.54, 1.807) is 36.5 Å². The van der Waals surface area contributed by atoms with E-state index in [9.17, 15) is 4.79 Å². The van der Waals surface area contributed by atoms with Crippen molar-refractivity contribution in [1.29, 1.82) is 0 Å². The maximum absolute atomic E-state index is 12.0. The quantitative estimate of drug-likeness (QED) is 0.344. The monoisotopic (exact) mass is 500 g/mol. The molecule has 1 unspecified atom stereocenters. The molecule has 1 fully saturated rings. The van der Waals surface area contributed by atoms with Gasteiger partial charge in [0.25, 0.3) is 11.9 Å². The molecule has 10 nitrogen and oxygen atoms in total. The Morgan fingerprint density at radius 2 is 1.94 bits per heavy atom. The predicted molar refractivity (Wildman–Crippen MR) is 132 cm³/mol. The first kappa shape index (κ1) is 22.3. The Kier molecular flexibility index (Phi) is 5.65. The third-order valence-electron chi connectivity index (χ3n) is 6.51. The summed E-state index contributed by atoms with van der Waals surface area (Å²) in [5.41, 5.74) is 5.08. The van der Waals surface area contributed by atoms with Gasteiger partial charge >= 0.3 is 0 Å². The van der Waals surface area contributed by atoms with Crippen LogP contribution in [0.25, 0.3) is 27.9 Å². The minimum absolute atomic E-state index is 0.00943. The molecule has 36 heavy (non-hydrogen) atoms. The second-order valence-electron chi connectivity index (χ2n) is 9.04. The van der Waals surface area contributed by atoms with Gasteiger partial charge in [0.2, 0.25) is 0 Å². The van der Waals surface area contributed by atoms with E-state index in [0.717, 1.165) is 40.1 Å². The van der Waals surface area contributed by atoms with Gasteiger partial charge in [-0.25, -0.2) is 4.68 Å². The lowest BCUT2D eigenvalue weighted by Gasteiger charge is -2.17. The third kappa shape index (κ3) is 4.42. The molecule has 0 bridgehead atoms. The Bertz CT molecular complexity index is 1570. The Labute approximate surface area is 211 Å². The third-order valence-corrected chi connectivity index (χ3v) is 6.74. The normalized spacial score (nSPS) is 14.2. The number of benzene rings is 1. The van der Waals surface area contributed by atoms with Gasteiger partial charge in [-0.2, -0.15) is 10.2 Å². The first-order valence-electron chi connectivity index (χ1n) is 11.7. The number of tetrazole rings is 1. The average Bonchev–Trinajstić information content (AvgIpc) is 3.32. The van der Waals surface area contributed by atoms with E-state index in [2.05, 4.69) is 31.8 Å². The van der Waals surface area contributed by atoms with Crippen molar-refractivity contribution in [3.05, 3.63) is 88.6 Å². The summed E-state index contributed by atoms with van der Waals surface area (Å²) >= 11 is 6.32. The second-order valence-corrected chi connectivity index (χ2v) is 9.48. The van der Waals surface area contributed by atoms with Gasteiger partial charge in [-0.05, 0) is 36.6 Å². The number of aromatic nitrogens is 9. The summed E-state index contributed by atoms with van der Waals surface area (Å²) in [6.45, 7) is 0. The zero-order valence-electron chi connectivity index (χ0n) is 19.5. The Morgan fingerprint density at radius 1 is 1.08 bits per heavy atom. The highest BCUT2D eigenvalue weighted by molar-refractivity contribution is 6.31. The molecule has 0 spiro atoms. The second kappa shape index (κ2) is 9.12. The van der Waals surface area contributed by atoms with Gasteiger partial charge < -0.3 is 0 Å². The van der Waals surface area contributed by atoms with Crippen LogP contribution in [0.2, 0.25) is 5.02 Å². The van der Waals surface area contributed by atoms with Crippen molar-refractivity contribution in [1.82, 2.24) is 40.1 Å².